The topological polar surface area (TPSA) is 41.9 Å². The molecule has 0 aliphatic carbocycles. The predicted octanol–water partition coefficient (Wildman–Crippen LogP) is 2.81. The number of nitrogens with zero attached hydrogens (tertiary/aromatic N) is 1. The number of benzene rings is 2. The van der Waals surface area contributed by atoms with Crippen molar-refractivity contribution in [3.63, 3.8) is 0 Å². The standard InChI is InChI=1S/C18H20FNO3/c19-15-5-7-16(8-6-15)23-13-17-12-20(9-10-22-17)11-14-3-1-2-4-18(14)21/h1-8,17,21H,9-13H2/t17-/m1/s1. The van der Waals surface area contributed by atoms with E-state index in [1.54, 1.807) is 18.2 Å². The summed E-state index contributed by atoms with van der Waals surface area (Å²) in [7, 11) is 0. The number of phenolic OH excluding ortho intramolecular Hbond substituents is 1. The first kappa shape index (κ1) is 15.8. The lowest BCUT2D eigenvalue weighted by Crippen LogP contribution is -2.44. The van der Waals surface area contributed by atoms with Crippen LogP contribution < -0.4 is 4.74 Å². The van der Waals surface area contributed by atoms with E-state index < -0.39 is 0 Å². The second-order valence-corrected chi connectivity index (χ2v) is 5.62. The molecule has 0 radical (unpaired) electrons. The Labute approximate surface area is 135 Å². The van der Waals surface area contributed by atoms with E-state index in [1.165, 1.54) is 12.1 Å². The third-order valence-corrected chi connectivity index (χ3v) is 3.86. The minimum Gasteiger partial charge on any atom is -0.508 e. The monoisotopic (exact) mass is 317 g/mol. The first-order valence-electron chi connectivity index (χ1n) is 7.70. The number of halogens is 1. The van der Waals surface area contributed by atoms with Crippen LogP contribution in [0.1, 0.15) is 5.56 Å². The molecule has 1 aliphatic rings. The Kier molecular flexibility index (Phi) is 5.10. The molecular formula is C18H20FNO3. The molecule has 23 heavy (non-hydrogen) atoms. The van der Waals surface area contributed by atoms with Crippen molar-refractivity contribution in [3.8, 4) is 11.5 Å². The summed E-state index contributed by atoms with van der Waals surface area (Å²) in [5.41, 5.74) is 0.910. The minimum absolute atomic E-state index is 0.0420. The molecule has 5 heteroatoms. The van der Waals surface area contributed by atoms with E-state index in [0.29, 0.717) is 31.3 Å². The van der Waals surface area contributed by atoms with Crippen molar-refractivity contribution in [1.29, 1.82) is 0 Å². The van der Waals surface area contributed by atoms with Crippen LogP contribution in [0.4, 0.5) is 4.39 Å². The molecule has 0 aromatic heterocycles. The van der Waals surface area contributed by atoms with E-state index in [9.17, 15) is 9.50 Å². The number of morpholine rings is 1. The molecular weight excluding hydrogens is 297 g/mol. The second kappa shape index (κ2) is 7.44. The average molecular weight is 317 g/mol. The number of rotatable bonds is 5. The fraction of sp³-hybridized carbons (Fsp3) is 0.333. The van der Waals surface area contributed by atoms with Crippen LogP contribution in [-0.2, 0) is 11.3 Å². The maximum atomic E-state index is 12.9. The maximum Gasteiger partial charge on any atom is 0.123 e. The summed E-state index contributed by atoms with van der Waals surface area (Å²) in [6.07, 6.45) is -0.0420. The normalized spacial score (nSPS) is 18.7. The summed E-state index contributed by atoms with van der Waals surface area (Å²) in [6, 6.07) is 13.3. The number of ether oxygens (including phenoxy) is 2. The van der Waals surface area contributed by atoms with Gasteiger partial charge in [-0.3, -0.25) is 4.90 Å². The van der Waals surface area contributed by atoms with Crippen molar-refractivity contribution < 1.29 is 19.0 Å². The number of para-hydroxylation sites is 1. The zero-order valence-electron chi connectivity index (χ0n) is 12.8. The molecule has 1 N–H and O–H groups in total. The van der Waals surface area contributed by atoms with Crippen LogP contribution >= 0.6 is 0 Å². The van der Waals surface area contributed by atoms with E-state index in [-0.39, 0.29) is 11.9 Å². The van der Waals surface area contributed by atoms with Gasteiger partial charge in [-0.05, 0) is 30.3 Å². The molecule has 2 aromatic rings. The van der Waals surface area contributed by atoms with Gasteiger partial charge < -0.3 is 14.6 Å². The number of aromatic hydroxyl groups is 1. The van der Waals surface area contributed by atoms with Gasteiger partial charge in [-0.1, -0.05) is 18.2 Å². The summed E-state index contributed by atoms with van der Waals surface area (Å²) in [5, 5.41) is 9.87. The lowest BCUT2D eigenvalue weighted by Gasteiger charge is -2.32. The van der Waals surface area contributed by atoms with Gasteiger partial charge in [0.25, 0.3) is 0 Å². The number of hydrogen-bond acceptors (Lipinski definition) is 4. The molecule has 0 spiro atoms. The van der Waals surface area contributed by atoms with Crippen molar-refractivity contribution in [2.75, 3.05) is 26.3 Å². The van der Waals surface area contributed by atoms with Gasteiger partial charge in [0.2, 0.25) is 0 Å². The SMILES string of the molecule is Oc1ccccc1CN1CCO[C@@H](COc2ccc(F)cc2)C1. The molecule has 122 valence electrons. The molecule has 0 unspecified atom stereocenters. The molecule has 4 nitrogen and oxygen atoms in total. The number of phenols is 1. The summed E-state index contributed by atoms with van der Waals surface area (Å²) in [4.78, 5) is 2.23. The van der Waals surface area contributed by atoms with Crippen molar-refractivity contribution >= 4 is 0 Å². The molecule has 1 saturated heterocycles. The largest absolute Gasteiger partial charge is 0.508 e. The van der Waals surface area contributed by atoms with Gasteiger partial charge >= 0.3 is 0 Å². The summed E-state index contributed by atoms with van der Waals surface area (Å²) < 4.78 is 24.2. The molecule has 1 heterocycles. The molecule has 1 fully saturated rings. The van der Waals surface area contributed by atoms with Crippen LogP contribution in [0.25, 0.3) is 0 Å². The molecule has 2 aromatic carbocycles. The fourth-order valence-electron chi connectivity index (χ4n) is 2.63. The van der Waals surface area contributed by atoms with Crippen LogP contribution in [0, 0.1) is 5.82 Å². The van der Waals surface area contributed by atoms with Crippen LogP contribution in [0.5, 0.6) is 11.5 Å². The lowest BCUT2D eigenvalue weighted by atomic mass is 10.1. The van der Waals surface area contributed by atoms with Gasteiger partial charge in [-0.25, -0.2) is 4.39 Å². The minimum atomic E-state index is -0.278. The van der Waals surface area contributed by atoms with Crippen molar-refractivity contribution in [3.05, 3.63) is 59.9 Å². The maximum absolute atomic E-state index is 12.9. The Hall–Kier alpha value is -2.11. The molecule has 0 bridgehead atoms. The summed E-state index contributed by atoms with van der Waals surface area (Å²) >= 11 is 0. The lowest BCUT2D eigenvalue weighted by molar-refractivity contribution is -0.0505. The quantitative estimate of drug-likeness (QED) is 0.921. The Balaban J connectivity index is 1.52. The zero-order chi connectivity index (χ0) is 16.1. The van der Waals surface area contributed by atoms with E-state index in [1.807, 2.05) is 18.2 Å². The van der Waals surface area contributed by atoms with E-state index >= 15 is 0 Å². The van der Waals surface area contributed by atoms with E-state index in [0.717, 1.165) is 18.7 Å². The molecule has 1 atom stereocenters. The number of hydrogen-bond donors (Lipinski definition) is 1. The highest BCUT2D eigenvalue weighted by Gasteiger charge is 2.21. The highest BCUT2D eigenvalue weighted by Crippen LogP contribution is 2.19. The van der Waals surface area contributed by atoms with E-state index in [2.05, 4.69) is 4.90 Å². The van der Waals surface area contributed by atoms with Crippen molar-refractivity contribution in [2.45, 2.75) is 12.6 Å². The highest BCUT2D eigenvalue weighted by atomic mass is 19.1. The van der Waals surface area contributed by atoms with E-state index in [4.69, 9.17) is 9.47 Å². The van der Waals surface area contributed by atoms with Crippen LogP contribution in [-0.4, -0.2) is 42.4 Å². The molecule has 0 amide bonds. The molecule has 3 rings (SSSR count). The summed E-state index contributed by atoms with van der Waals surface area (Å²) in [6.45, 7) is 3.29. The van der Waals surface area contributed by atoms with Gasteiger partial charge in [-0.2, -0.15) is 0 Å². The van der Waals surface area contributed by atoms with Gasteiger partial charge in [0.05, 0.1) is 6.61 Å². The van der Waals surface area contributed by atoms with Crippen LogP contribution in [0.3, 0.4) is 0 Å². The Morgan fingerprint density at radius 1 is 1.17 bits per heavy atom. The molecule has 1 aliphatic heterocycles. The first-order chi connectivity index (χ1) is 11.2. The zero-order valence-corrected chi connectivity index (χ0v) is 12.8. The highest BCUT2D eigenvalue weighted by molar-refractivity contribution is 5.31. The first-order valence-corrected chi connectivity index (χ1v) is 7.70. The Morgan fingerprint density at radius 3 is 2.74 bits per heavy atom. The molecule has 0 saturated carbocycles. The second-order valence-electron chi connectivity index (χ2n) is 5.62. The van der Waals surface area contributed by atoms with Crippen molar-refractivity contribution in [2.24, 2.45) is 0 Å². The fourth-order valence-corrected chi connectivity index (χ4v) is 2.63. The average Bonchev–Trinajstić information content (AvgIpc) is 2.57. The van der Waals surface area contributed by atoms with Gasteiger partial charge in [0.15, 0.2) is 0 Å². The predicted molar refractivity (Wildman–Crippen MR) is 85.0 cm³/mol. The Bertz CT molecular complexity index is 632. The van der Waals surface area contributed by atoms with Crippen LogP contribution in [0.15, 0.2) is 48.5 Å². The van der Waals surface area contributed by atoms with Crippen molar-refractivity contribution in [1.82, 2.24) is 4.90 Å². The third kappa shape index (κ3) is 4.43. The Morgan fingerprint density at radius 2 is 1.96 bits per heavy atom. The third-order valence-electron chi connectivity index (χ3n) is 3.86. The van der Waals surface area contributed by atoms with Gasteiger partial charge in [0, 0.05) is 25.2 Å². The van der Waals surface area contributed by atoms with Gasteiger partial charge in [-0.15, -0.1) is 0 Å². The summed E-state index contributed by atoms with van der Waals surface area (Å²) in [5.74, 6) is 0.672. The van der Waals surface area contributed by atoms with Crippen LogP contribution in [0.2, 0.25) is 0 Å². The smallest absolute Gasteiger partial charge is 0.123 e. The van der Waals surface area contributed by atoms with Gasteiger partial charge in [0.1, 0.15) is 30.0 Å².